The molecule has 3 nitrogen and oxygen atoms in total. The molecule has 0 spiro atoms. The van der Waals surface area contributed by atoms with E-state index in [4.69, 9.17) is 4.74 Å². The van der Waals surface area contributed by atoms with Crippen LogP contribution in [0.3, 0.4) is 0 Å². The van der Waals surface area contributed by atoms with Gasteiger partial charge in [0.2, 0.25) is 0 Å². The van der Waals surface area contributed by atoms with Crippen molar-refractivity contribution in [3.8, 4) is 0 Å². The molecule has 1 aromatic rings. The molecule has 4 heteroatoms. The Labute approximate surface area is 146 Å². The van der Waals surface area contributed by atoms with Gasteiger partial charge in [-0.15, -0.1) is 0 Å². The number of methoxy groups -OCH3 is 1. The van der Waals surface area contributed by atoms with E-state index >= 15 is 0 Å². The minimum atomic E-state index is 0. The van der Waals surface area contributed by atoms with Crippen molar-refractivity contribution in [1.82, 2.24) is 9.80 Å². The molecule has 0 saturated heterocycles. The first-order chi connectivity index (χ1) is 10.3. The zero-order chi connectivity index (χ0) is 14.2. The summed E-state index contributed by atoms with van der Waals surface area (Å²) in [6.45, 7) is 1.02. The van der Waals surface area contributed by atoms with E-state index in [1.807, 2.05) is 0 Å². The van der Waals surface area contributed by atoms with Gasteiger partial charge < -0.3 is 14.9 Å². The molecule has 0 N–H and O–H groups in total. The molecule has 0 fully saturated rings. The van der Waals surface area contributed by atoms with Crippen LogP contribution in [0.2, 0.25) is 0 Å². The summed E-state index contributed by atoms with van der Waals surface area (Å²) in [6.07, 6.45) is 9.97. The average molecular weight is 395 g/mol. The molecule has 0 atom stereocenters. The molecular formula is C19H22N2ORu-2. The molecule has 1 aromatic carbocycles. The van der Waals surface area contributed by atoms with Crippen LogP contribution >= 0.6 is 0 Å². The van der Waals surface area contributed by atoms with Gasteiger partial charge >= 0.3 is 131 Å². The smallest absolute Gasteiger partial charge is 0.358 e. The monoisotopic (exact) mass is 396 g/mol. The normalized spacial score (nSPS) is 18.5. The summed E-state index contributed by atoms with van der Waals surface area (Å²) in [5.41, 5.74) is 3.78. The maximum absolute atomic E-state index is 5.51. The average Bonchev–Trinajstić information content (AvgIpc) is 2.92. The number of hydrogen-bond donors (Lipinski definition) is 0. The summed E-state index contributed by atoms with van der Waals surface area (Å²) >= 11 is 0.0000872. The fourth-order valence-electron chi connectivity index (χ4n) is 2.65. The Hall–Kier alpha value is -1.64. The minimum absolute atomic E-state index is 0. The van der Waals surface area contributed by atoms with E-state index in [1.54, 1.807) is 7.11 Å². The predicted octanol–water partition coefficient (Wildman–Crippen LogP) is 3.31. The first-order valence-electron chi connectivity index (χ1n) is 6.97. The van der Waals surface area contributed by atoms with Gasteiger partial charge in [-0.3, -0.25) is 0 Å². The molecule has 23 heavy (non-hydrogen) atoms. The Bertz CT molecular complexity index is 740. The Morgan fingerprint density at radius 1 is 1.04 bits per heavy atom. The van der Waals surface area contributed by atoms with Gasteiger partial charge in [-0.1, -0.05) is 0 Å². The molecule has 0 radical (unpaired) electrons. The molecule has 0 aliphatic carbocycles. The van der Waals surface area contributed by atoms with E-state index in [0.717, 1.165) is 13.0 Å². The van der Waals surface area contributed by atoms with E-state index in [1.165, 1.54) is 25.5 Å². The molecule has 0 amide bonds. The Balaban J connectivity index is 0.000000960. The van der Waals surface area contributed by atoms with Crippen molar-refractivity contribution in [3.63, 3.8) is 0 Å². The van der Waals surface area contributed by atoms with E-state index in [0.29, 0.717) is 0 Å². The van der Waals surface area contributed by atoms with E-state index in [2.05, 4.69) is 64.7 Å². The summed E-state index contributed by atoms with van der Waals surface area (Å²) in [7, 11) is 1.80. The molecule has 3 heterocycles. The summed E-state index contributed by atoms with van der Waals surface area (Å²) < 4.78 is 8.16. The van der Waals surface area contributed by atoms with Gasteiger partial charge in [-0.25, -0.2) is 0 Å². The van der Waals surface area contributed by atoms with Gasteiger partial charge in [-0.05, 0) is 0 Å². The number of nitrogens with zero attached hydrogens (tertiary/aromatic N) is 2. The molecule has 3 aliphatic rings. The van der Waals surface area contributed by atoms with Gasteiger partial charge in [0.15, 0.2) is 0 Å². The molecule has 0 aromatic heterocycles. The van der Waals surface area contributed by atoms with Crippen molar-refractivity contribution in [2.75, 3.05) is 13.7 Å². The maximum atomic E-state index is 5.51. The number of benzene rings is 1. The second-order valence-electron chi connectivity index (χ2n) is 5.04. The van der Waals surface area contributed by atoms with Crippen LogP contribution in [-0.4, -0.2) is 32.1 Å². The van der Waals surface area contributed by atoms with Crippen LogP contribution in [-0.2, 0) is 21.0 Å². The Kier molecular flexibility index (Phi) is 5.61. The molecule has 4 rings (SSSR count). The molecular weight excluding hydrogens is 373 g/mol. The Morgan fingerprint density at radius 3 is 2.57 bits per heavy atom. The van der Waals surface area contributed by atoms with Crippen LogP contribution in [0.5, 0.6) is 0 Å². The van der Waals surface area contributed by atoms with Crippen molar-refractivity contribution in [3.05, 3.63) is 81.0 Å². The third-order valence-electron chi connectivity index (χ3n) is 3.74. The molecule has 0 bridgehead atoms. The summed E-state index contributed by atoms with van der Waals surface area (Å²) in [4.78, 5) is 4.71. The fourth-order valence-corrected chi connectivity index (χ4v) is 4.77. The second kappa shape index (κ2) is 7.29. The zero-order valence-electron chi connectivity index (χ0n) is 13.8. The number of fused-ring (bicyclic) bond motifs is 3. The van der Waals surface area contributed by atoms with Crippen LogP contribution < -0.4 is 0 Å². The number of hydrogen-bond acceptors (Lipinski definition) is 3. The van der Waals surface area contributed by atoms with Crippen LogP contribution in [0.4, 0.5) is 0 Å². The Morgan fingerprint density at radius 2 is 1.83 bits per heavy atom. The molecule has 3 aliphatic heterocycles. The van der Waals surface area contributed by atoms with Crippen LogP contribution in [0.1, 0.15) is 12.0 Å². The molecule has 0 unspecified atom stereocenters. The van der Waals surface area contributed by atoms with E-state index in [-0.39, 0.29) is 31.1 Å². The summed E-state index contributed by atoms with van der Waals surface area (Å²) in [5, 5.41) is 0. The van der Waals surface area contributed by atoms with Crippen LogP contribution in [0.25, 0.3) is 5.57 Å². The first kappa shape index (κ1) is 17.7. The topological polar surface area (TPSA) is 15.7 Å². The zero-order valence-corrected chi connectivity index (χ0v) is 15.5. The maximum Gasteiger partial charge on any atom is -0.358 e. The van der Waals surface area contributed by atoms with Crippen molar-refractivity contribution < 1.29 is 21.0 Å². The van der Waals surface area contributed by atoms with Gasteiger partial charge in [0.1, 0.15) is 0 Å². The second-order valence-corrected chi connectivity index (χ2v) is 7.22. The fraction of sp³-hybridized carbons (Fsp3) is 0.158. The molecule has 0 saturated carbocycles. The minimum Gasteiger partial charge on any atom is -0.358 e. The summed E-state index contributed by atoms with van der Waals surface area (Å²) in [6, 6.07) is 10.5. The SMILES string of the molecule is CO[C]1=[Ru]=[C]2N(C=C3C=CC(c4ccccc4)=CN32)CC1.[CH3-].[CH3-]. The van der Waals surface area contributed by atoms with Crippen molar-refractivity contribution >= 4 is 14.2 Å². The summed E-state index contributed by atoms with van der Waals surface area (Å²) in [5.74, 6) is 0. The molecule has 124 valence electrons. The van der Waals surface area contributed by atoms with Crippen molar-refractivity contribution in [2.45, 2.75) is 6.42 Å². The van der Waals surface area contributed by atoms with Gasteiger partial charge in [0, 0.05) is 0 Å². The third-order valence-corrected chi connectivity index (χ3v) is 6.32. The quantitative estimate of drug-likeness (QED) is 0.565. The van der Waals surface area contributed by atoms with Crippen molar-refractivity contribution in [2.24, 2.45) is 0 Å². The van der Waals surface area contributed by atoms with Gasteiger partial charge in [0.25, 0.3) is 0 Å². The van der Waals surface area contributed by atoms with Gasteiger partial charge in [-0.2, -0.15) is 0 Å². The number of ether oxygens (including phenoxy) is 1. The largest absolute Gasteiger partial charge is 0.358 e. The van der Waals surface area contributed by atoms with E-state index in [9.17, 15) is 0 Å². The van der Waals surface area contributed by atoms with Gasteiger partial charge in [0.05, 0.1) is 0 Å². The van der Waals surface area contributed by atoms with Crippen LogP contribution in [0.15, 0.2) is 60.6 Å². The van der Waals surface area contributed by atoms with Crippen LogP contribution in [0, 0.1) is 14.9 Å². The standard InChI is InChI=1S/C17H16N2O.2CH3.Ru/c1-20-11-5-10-18-13-17-9-8-16(12-19(17)14-18)15-6-3-2-4-7-15;;;/h2-4,6-9,12-13H,5,10H2,1H3;2*1H3;/q;2*-1;. The number of allylic oxidation sites excluding steroid dienone is 3. The van der Waals surface area contributed by atoms with E-state index < -0.39 is 0 Å². The third kappa shape index (κ3) is 3.19. The predicted molar refractivity (Wildman–Crippen MR) is 94.7 cm³/mol. The first-order valence-corrected chi connectivity index (χ1v) is 8.71. The number of rotatable bonds is 2. The van der Waals surface area contributed by atoms with Crippen molar-refractivity contribution in [1.29, 1.82) is 0 Å².